The molecule has 6 heteroatoms. The molecule has 2 aliphatic heterocycles. The van der Waals surface area contributed by atoms with Crippen LogP contribution in [0.5, 0.6) is 0 Å². The highest BCUT2D eigenvalue weighted by Crippen LogP contribution is 2.29. The molecule has 158 valence electrons. The number of nitrogens with one attached hydrogen (secondary N) is 2. The van der Waals surface area contributed by atoms with Gasteiger partial charge < -0.3 is 10.6 Å². The third-order valence-electron chi connectivity index (χ3n) is 5.88. The Hall–Kier alpha value is -2.76. The van der Waals surface area contributed by atoms with E-state index in [-0.39, 0.29) is 11.6 Å². The first-order chi connectivity index (χ1) is 14.6. The van der Waals surface area contributed by atoms with Gasteiger partial charge in [-0.05, 0) is 61.1 Å². The number of amidine groups is 2. The molecule has 2 aliphatic rings. The van der Waals surface area contributed by atoms with Crippen LogP contribution in [0.1, 0.15) is 52.4 Å². The van der Waals surface area contributed by atoms with Gasteiger partial charge in [-0.1, -0.05) is 26.0 Å². The molecule has 30 heavy (non-hydrogen) atoms. The average molecular weight is 411 g/mol. The van der Waals surface area contributed by atoms with Gasteiger partial charge in [0.15, 0.2) is 0 Å². The van der Waals surface area contributed by atoms with E-state index in [1.807, 2.05) is 0 Å². The average Bonchev–Trinajstić information content (AvgIpc) is 3.40. The van der Waals surface area contributed by atoms with E-state index in [0.29, 0.717) is 34.6 Å². The van der Waals surface area contributed by atoms with Crippen LogP contribution in [-0.2, 0) is 0 Å². The summed E-state index contributed by atoms with van der Waals surface area (Å²) in [5, 5.41) is 6.20. The predicted octanol–water partition coefficient (Wildman–Crippen LogP) is 6.40. The summed E-state index contributed by atoms with van der Waals surface area (Å²) >= 11 is 0. The number of halogens is 2. The van der Waals surface area contributed by atoms with Gasteiger partial charge in [0.25, 0.3) is 0 Å². The lowest BCUT2D eigenvalue weighted by Crippen LogP contribution is -2.10. The minimum Gasteiger partial charge on any atom is -0.342 e. The molecule has 0 saturated heterocycles. The second-order valence-electron chi connectivity index (χ2n) is 7.99. The third-order valence-corrected chi connectivity index (χ3v) is 5.88. The summed E-state index contributed by atoms with van der Waals surface area (Å²) in [6, 6.07) is 10.5. The molecular formula is C24H28F2N4. The van der Waals surface area contributed by atoms with Gasteiger partial charge >= 0.3 is 0 Å². The van der Waals surface area contributed by atoms with Crippen molar-refractivity contribution in [1.29, 1.82) is 0 Å². The van der Waals surface area contributed by atoms with Crippen LogP contribution in [-0.4, -0.2) is 23.8 Å². The SMILES string of the molecule is CCC1CCC(Nc2ccc(-c3ccc(NC4=NC(CC)CC4)c(F)c3)cc2F)=N1. The standard InChI is InChI=1S/C24H28F2N4/c1-3-17-7-11-23(27-17)29-21-9-5-15(13-19(21)25)16-6-10-22(20(26)14-16)30-24-12-8-18(4-2)28-24/h5-6,9-10,13-14,17-18H,3-4,7-8,11-12H2,1-2H3,(H,27,29)(H,28,30). The smallest absolute Gasteiger partial charge is 0.147 e. The fourth-order valence-electron chi connectivity index (χ4n) is 3.99. The summed E-state index contributed by atoms with van der Waals surface area (Å²) in [5.74, 6) is 0.914. The second kappa shape index (κ2) is 8.94. The lowest BCUT2D eigenvalue weighted by Gasteiger charge is -2.11. The number of aliphatic imine (C=N–C) groups is 2. The minimum atomic E-state index is -0.372. The summed E-state index contributed by atoms with van der Waals surface area (Å²) in [7, 11) is 0. The monoisotopic (exact) mass is 410 g/mol. The van der Waals surface area contributed by atoms with Crippen molar-refractivity contribution in [3.63, 3.8) is 0 Å². The topological polar surface area (TPSA) is 48.8 Å². The highest BCUT2D eigenvalue weighted by molar-refractivity contribution is 5.97. The molecule has 0 fully saturated rings. The summed E-state index contributed by atoms with van der Waals surface area (Å²) in [6.45, 7) is 4.21. The van der Waals surface area contributed by atoms with E-state index in [2.05, 4.69) is 34.5 Å². The zero-order valence-electron chi connectivity index (χ0n) is 17.5. The van der Waals surface area contributed by atoms with Gasteiger partial charge in [-0.25, -0.2) is 8.78 Å². The van der Waals surface area contributed by atoms with Crippen LogP contribution in [0.15, 0.2) is 46.4 Å². The molecule has 0 bridgehead atoms. The minimum absolute atomic E-state index is 0.327. The van der Waals surface area contributed by atoms with Gasteiger partial charge in [-0.2, -0.15) is 0 Å². The normalized spacial score (nSPS) is 20.8. The molecule has 2 unspecified atom stereocenters. The number of hydrogen-bond acceptors (Lipinski definition) is 4. The van der Waals surface area contributed by atoms with E-state index in [1.165, 1.54) is 12.1 Å². The van der Waals surface area contributed by atoms with Crippen LogP contribution >= 0.6 is 0 Å². The number of anilines is 2. The van der Waals surface area contributed by atoms with Crippen LogP contribution in [0.25, 0.3) is 11.1 Å². The zero-order chi connectivity index (χ0) is 21.1. The van der Waals surface area contributed by atoms with Crippen molar-refractivity contribution in [1.82, 2.24) is 0 Å². The van der Waals surface area contributed by atoms with E-state index < -0.39 is 0 Å². The second-order valence-corrected chi connectivity index (χ2v) is 7.99. The van der Waals surface area contributed by atoms with E-state index in [9.17, 15) is 8.78 Å². The molecule has 2 aromatic rings. The molecule has 4 nitrogen and oxygen atoms in total. The van der Waals surface area contributed by atoms with Crippen molar-refractivity contribution in [2.45, 2.75) is 64.5 Å². The first kappa shape index (κ1) is 20.5. The Morgan fingerprint density at radius 1 is 0.767 bits per heavy atom. The fraction of sp³-hybridized carbons (Fsp3) is 0.417. The van der Waals surface area contributed by atoms with Gasteiger partial charge in [0, 0.05) is 12.8 Å². The van der Waals surface area contributed by atoms with Gasteiger partial charge in [0.2, 0.25) is 0 Å². The number of rotatable bonds is 5. The summed E-state index contributed by atoms with van der Waals surface area (Å²) in [4.78, 5) is 9.14. The van der Waals surface area contributed by atoms with E-state index in [1.54, 1.807) is 24.3 Å². The van der Waals surface area contributed by atoms with Crippen molar-refractivity contribution in [2.24, 2.45) is 9.98 Å². The molecule has 0 amide bonds. The molecule has 2 heterocycles. The highest BCUT2D eigenvalue weighted by Gasteiger charge is 2.18. The molecule has 0 aromatic heterocycles. The first-order valence-electron chi connectivity index (χ1n) is 10.8. The van der Waals surface area contributed by atoms with Gasteiger partial charge in [0.1, 0.15) is 23.3 Å². The number of hydrogen-bond donors (Lipinski definition) is 2. The molecule has 4 rings (SSSR count). The van der Waals surface area contributed by atoms with Crippen molar-refractivity contribution < 1.29 is 8.78 Å². The van der Waals surface area contributed by atoms with Crippen LogP contribution in [0, 0.1) is 11.6 Å². The Kier molecular flexibility index (Phi) is 6.11. The lowest BCUT2D eigenvalue weighted by atomic mass is 10.0. The third kappa shape index (κ3) is 4.53. The van der Waals surface area contributed by atoms with Crippen molar-refractivity contribution in [3.8, 4) is 11.1 Å². The molecule has 0 saturated carbocycles. The van der Waals surface area contributed by atoms with E-state index in [4.69, 9.17) is 0 Å². The summed E-state index contributed by atoms with van der Waals surface area (Å²) in [6.07, 6.45) is 5.67. The maximum absolute atomic E-state index is 14.6. The molecule has 0 spiro atoms. The van der Waals surface area contributed by atoms with Crippen molar-refractivity contribution in [2.75, 3.05) is 10.6 Å². The molecule has 2 N–H and O–H groups in total. The maximum atomic E-state index is 14.6. The zero-order valence-corrected chi connectivity index (χ0v) is 17.5. The molecule has 2 aromatic carbocycles. The molecule has 2 atom stereocenters. The van der Waals surface area contributed by atoms with Crippen LogP contribution in [0.3, 0.4) is 0 Å². The quantitative estimate of drug-likeness (QED) is 0.599. The van der Waals surface area contributed by atoms with E-state index >= 15 is 0 Å². The predicted molar refractivity (Wildman–Crippen MR) is 121 cm³/mol. The molecular weight excluding hydrogens is 382 g/mol. The Labute approximate surface area is 176 Å². The Morgan fingerprint density at radius 2 is 1.20 bits per heavy atom. The molecule has 0 radical (unpaired) electrons. The largest absolute Gasteiger partial charge is 0.342 e. The van der Waals surface area contributed by atoms with Gasteiger partial charge in [0.05, 0.1) is 23.5 Å². The van der Waals surface area contributed by atoms with Crippen LogP contribution in [0.4, 0.5) is 20.2 Å². The molecule has 0 aliphatic carbocycles. The summed E-state index contributed by atoms with van der Waals surface area (Å²) in [5.41, 5.74) is 2.07. The van der Waals surface area contributed by atoms with E-state index in [0.717, 1.165) is 50.2 Å². The fourth-order valence-corrected chi connectivity index (χ4v) is 3.99. The van der Waals surface area contributed by atoms with Gasteiger partial charge in [-0.15, -0.1) is 0 Å². The Bertz CT molecular complexity index is 904. The summed E-state index contributed by atoms with van der Waals surface area (Å²) < 4.78 is 29.3. The maximum Gasteiger partial charge on any atom is 0.147 e. The van der Waals surface area contributed by atoms with Crippen LogP contribution < -0.4 is 10.6 Å². The van der Waals surface area contributed by atoms with Gasteiger partial charge in [-0.3, -0.25) is 9.98 Å². The highest BCUT2D eigenvalue weighted by atomic mass is 19.1. The first-order valence-corrected chi connectivity index (χ1v) is 10.8. The Balaban J connectivity index is 1.47. The van der Waals surface area contributed by atoms with Crippen LogP contribution in [0.2, 0.25) is 0 Å². The number of benzene rings is 2. The number of nitrogens with zero attached hydrogens (tertiary/aromatic N) is 2. The lowest BCUT2D eigenvalue weighted by molar-refractivity contribution is 0.630. The van der Waals surface area contributed by atoms with Crippen molar-refractivity contribution in [3.05, 3.63) is 48.0 Å². The Morgan fingerprint density at radius 3 is 1.53 bits per heavy atom. The van der Waals surface area contributed by atoms with Crippen molar-refractivity contribution >= 4 is 23.0 Å².